The van der Waals surface area contributed by atoms with Crippen molar-refractivity contribution in [2.45, 2.75) is 19.9 Å². The molecule has 0 spiro atoms. The zero-order valence-corrected chi connectivity index (χ0v) is 14.9. The van der Waals surface area contributed by atoms with E-state index in [0.717, 1.165) is 23.2 Å². The van der Waals surface area contributed by atoms with Gasteiger partial charge in [-0.15, -0.1) is 0 Å². The van der Waals surface area contributed by atoms with E-state index in [9.17, 15) is 9.18 Å². The van der Waals surface area contributed by atoms with Crippen molar-refractivity contribution in [1.82, 2.24) is 4.57 Å². The van der Waals surface area contributed by atoms with Crippen molar-refractivity contribution in [1.29, 1.82) is 0 Å². The normalized spacial score (nSPS) is 11.0. The molecule has 0 unspecified atom stereocenters. The summed E-state index contributed by atoms with van der Waals surface area (Å²) in [6, 6.07) is 17.7. The maximum atomic E-state index is 13.6. The Morgan fingerprint density at radius 3 is 2.63 bits per heavy atom. The molecule has 0 saturated heterocycles. The van der Waals surface area contributed by atoms with Crippen molar-refractivity contribution in [2.24, 2.45) is 0 Å². The molecule has 1 N–H and O–H groups in total. The third-order valence-corrected chi connectivity index (χ3v) is 4.61. The summed E-state index contributed by atoms with van der Waals surface area (Å²) in [5, 5.41) is 2.92. The maximum absolute atomic E-state index is 13.6. The monoisotopic (exact) mass is 362 g/mol. The highest BCUT2D eigenvalue weighted by Crippen LogP contribution is 2.24. The van der Waals surface area contributed by atoms with Crippen LogP contribution < -0.4 is 5.32 Å². The molecule has 0 bridgehead atoms. The summed E-state index contributed by atoms with van der Waals surface area (Å²) in [4.78, 5) is 12.9. The summed E-state index contributed by atoms with van der Waals surface area (Å²) < 4.78 is 20.8. The van der Waals surface area contributed by atoms with Crippen LogP contribution in [0, 0.1) is 5.82 Å². The van der Waals surface area contributed by atoms with Crippen LogP contribution >= 0.6 is 0 Å². The van der Waals surface area contributed by atoms with E-state index in [1.54, 1.807) is 24.5 Å². The summed E-state index contributed by atoms with van der Waals surface area (Å²) in [5.74, 6) is -0.535. The van der Waals surface area contributed by atoms with E-state index in [4.69, 9.17) is 4.42 Å². The summed E-state index contributed by atoms with van der Waals surface area (Å²) in [7, 11) is 0. The van der Waals surface area contributed by atoms with E-state index in [-0.39, 0.29) is 11.7 Å². The second-order valence-electron chi connectivity index (χ2n) is 6.42. The number of hydrogen-bond donors (Lipinski definition) is 1. The van der Waals surface area contributed by atoms with Gasteiger partial charge in [-0.25, -0.2) is 4.39 Å². The van der Waals surface area contributed by atoms with Crippen LogP contribution in [0.3, 0.4) is 0 Å². The number of carbonyl (C=O) groups is 1. The van der Waals surface area contributed by atoms with Gasteiger partial charge in [0.2, 0.25) is 0 Å². The molecule has 136 valence electrons. The number of rotatable bonds is 5. The number of aromatic nitrogens is 1. The molecular formula is C22H19FN2O2. The molecule has 2 heterocycles. The van der Waals surface area contributed by atoms with Crippen molar-refractivity contribution >= 4 is 22.7 Å². The zero-order valence-electron chi connectivity index (χ0n) is 14.9. The van der Waals surface area contributed by atoms with Crippen LogP contribution in [0.25, 0.3) is 11.1 Å². The van der Waals surface area contributed by atoms with Crippen molar-refractivity contribution in [3.05, 3.63) is 89.6 Å². The van der Waals surface area contributed by atoms with Gasteiger partial charge in [0.1, 0.15) is 11.5 Å². The number of fused-ring (bicyclic) bond motifs is 1. The Labute approximate surface area is 156 Å². The standard InChI is InChI=1S/C22H19FN2O2/c1-2-15-6-8-18(9-7-15)24-22(26)20-13-21-19(10-11-27-21)25(20)14-16-4-3-5-17(23)12-16/h3-13H,2,14H2,1H3,(H,24,26). The quantitative estimate of drug-likeness (QED) is 0.528. The van der Waals surface area contributed by atoms with Crippen LogP contribution in [0.15, 0.2) is 71.3 Å². The first-order chi connectivity index (χ1) is 13.1. The van der Waals surface area contributed by atoms with Crippen LogP contribution in [-0.4, -0.2) is 10.5 Å². The predicted molar refractivity (Wildman–Crippen MR) is 103 cm³/mol. The van der Waals surface area contributed by atoms with E-state index in [1.165, 1.54) is 17.7 Å². The first kappa shape index (κ1) is 17.1. The lowest BCUT2D eigenvalue weighted by Gasteiger charge is -2.11. The number of furan rings is 1. The van der Waals surface area contributed by atoms with E-state index < -0.39 is 0 Å². The van der Waals surface area contributed by atoms with E-state index in [0.29, 0.717) is 17.8 Å². The lowest BCUT2D eigenvalue weighted by molar-refractivity contribution is 0.101. The molecule has 2 aromatic heterocycles. The molecule has 27 heavy (non-hydrogen) atoms. The number of hydrogen-bond acceptors (Lipinski definition) is 2. The molecule has 4 nitrogen and oxygen atoms in total. The average Bonchev–Trinajstić information content (AvgIpc) is 3.25. The molecule has 5 heteroatoms. The molecule has 4 aromatic rings. The highest BCUT2D eigenvalue weighted by molar-refractivity contribution is 6.05. The Morgan fingerprint density at radius 2 is 1.89 bits per heavy atom. The van der Waals surface area contributed by atoms with Gasteiger partial charge in [0, 0.05) is 24.4 Å². The lowest BCUT2D eigenvalue weighted by atomic mass is 10.1. The molecule has 2 aromatic carbocycles. The van der Waals surface area contributed by atoms with Gasteiger partial charge in [-0.2, -0.15) is 0 Å². The number of nitrogens with zero attached hydrogens (tertiary/aromatic N) is 1. The zero-order chi connectivity index (χ0) is 18.8. The van der Waals surface area contributed by atoms with Gasteiger partial charge >= 0.3 is 0 Å². The Kier molecular flexibility index (Phi) is 4.50. The van der Waals surface area contributed by atoms with Crippen molar-refractivity contribution in [2.75, 3.05) is 5.32 Å². The minimum Gasteiger partial charge on any atom is -0.463 e. The highest BCUT2D eigenvalue weighted by atomic mass is 19.1. The molecule has 0 aliphatic rings. The minimum atomic E-state index is -0.301. The topological polar surface area (TPSA) is 47.2 Å². The number of halogens is 1. The van der Waals surface area contributed by atoms with Gasteiger partial charge in [0.15, 0.2) is 5.58 Å². The third kappa shape index (κ3) is 3.49. The summed E-state index contributed by atoms with van der Waals surface area (Å²) in [6.07, 6.45) is 2.53. The predicted octanol–water partition coefficient (Wildman–Crippen LogP) is 5.24. The molecule has 0 aliphatic heterocycles. The van der Waals surface area contributed by atoms with Crippen LogP contribution in [0.5, 0.6) is 0 Å². The first-order valence-corrected chi connectivity index (χ1v) is 8.85. The number of benzene rings is 2. The fourth-order valence-electron chi connectivity index (χ4n) is 3.17. The summed E-state index contributed by atoms with van der Waals surface area (Å²) in [6.45, 7) is 2.46. The smallest absolute Gasteiger partial charge is 0.272 e. The second kappa shape index (κ2) is 7.11. The van der Waals surface area contributed by atoms with Gasteiger partial charge < -0.3 is 14.3 Å². The van der Waals surface area contributed by atoms with Gasteiger partial charge in [0.25, 0.3) is 5.91 Å². The van der Waals surface area contributed by atoms with Crippen molar-refractivity contribution in [3.8, 4) is 0 Å². The lowest BCUT2D eigenvalue weighted by Crippen LogP contribution is -2.17. The van der Waals surface area contributed by atoms with E-state index in [2.05, 4.69) is 12.2 Å². The minimum absolute atomic E-state index is 0.234. The first-order valence-electron chi connectivity index (χ1n) is 8.85. The van der Waals surface area contributed by atoms with Crippen LogP contribution in [0.2, 0.25) is 0 Å². The SMILES string of the molecule is CCc1ccc(NC(=O)c2cc3occc3n2Cc2cccc(F)c2)cc1. The number of amides is 1. The Morgan fingerprint density at radius 1 is 1.07 bits per heavy atom. The van der Waals surface area contributed by atoms with Gasteiger partial charge in [-0.05, 0) is 41.8 Å². The molecule has 0 saturated carbocycles. The largest absolute Gasteiger partial charge is 0.463 e. The molecule has 0 aliphatic carbocycles. The summed E-state index contributed by atoms with van der Waals surface area (Å²) >= 11 is 0. The summed E-state index contributed by atoms with van der Waals surface area (Å²) in [5.41, 5.74) is 4.60. The molecular weight excluding hydrogens is 343 g/mol. The second-order valence-corrected chi connectivity index (χ2v) is 6.42. The maximum Gasteiger partial charge on any atom is 0.272 e. The fourth-order valence-corrected chi connectivity index (χ4v) is 3.17. The van der Waals surface area contributed by atoms with Gasteiger partial charge in [0.05, 0.1) is 11.8 Å². The van der Waals surface area contributed by atoms with Gasteiger partial charge in [-0.3, -0.25) is 4.79 Å². The number of nitrogens with one attached hydrogen (secondary N) is 1. The van der Waals surface area contributed by atoms with Crippen molar-refractivity contribution in [3.63, 3.8) is 0 Å². The number of carbonyl (C=O) groups excluding carboxylic acids is 1. The molecule has 0 radical (unpaired) electrons. The molecule has 0 fully saturated rings. The van der Waals surface area contributed by atoms with Gasteiger partial charge in [-0.1, -0.05) is 31.2 Å². The molecule has 1 amide bonds. The fraction of sp³-hybridized carbons (Fsp3) is 0.136. The van der Waals surface area contributed by atoms with Crippen LogP contribution in [0.1, 0.15) is 28.5 Å². The Hall–Kier alpha value is -3.34. The number of anilines is 1. The highest BCUT2D eigenvalue weighted by Gasteiger charge is 2.18. The average molecular weight is 362 g/mol. The van der Waals surface area contributed by atoms with E-state index in [1.807, 2.05) is 34.9 Å². The van der Waals surface area contributed by atoms with Crippen molar-refractivity contribution < 1.29 is 13.6 Å². The molecule has 4 rings (SSSR count). The Balaban J connectivity index is 1.66. The van der Waals surface area contributed by atoms with Crippen LogP contribution in [-0.2, 0) is 13.0 Å². The third-order valence-electron chi connectivity index (χ3n) is 4.61. The molecule has 0 atom stereocenters. The number of aryl methyl sites for hydroxylation is 1. The Bertz CT molecular complexity index is 1090. The van der Waals surface area contributed by atoms with Crippen LogP contribution in [0.4, 0.5) is 10.1 Å². The van der Waals surface area contributed by atoms with E-state index >= 15 is 0 Å².